The van der Waals surface area contributed by atoms with Gasteiger partial charge in [0.05, 0.1) is 10.5 Å². The van der Waals surface area contributed by atoms with Gasteiger partial charge in [-0.3, -0.25) is 4.98 Å². The topological polar surface area (TPSA) is 66.2 Å². The Morgan fingerprint density at radius 3 is 2.71 bits per heavy atom. The monoisotopic (exact) mass is 311 g/mol. The fraction of sp³-hybridized carbons (Fsp3) is 0.0714. The Kier molecular flexibility index (Phi) is 3.27. The summed E-state index contributed by atoms with van der Waals surface area (Å²) < 4.78 is 32.1. The largest absolute Gasteiger partial charge is 0.417 e. The van der Waals surface area contributed by atoms with Crippen LogP contribution >= 0.6 is 11.6 Å². The van der Waals surface area contributed by atoms with Crippen molar-refractivity contribution in [2.45, 2.75) is 6.10 Å². The number of hydrogen-bond donors (Lipinski definition) is 2. The third-order valence-corrected chi connectivity index (χ3v) is 3.38. The zero-order chi connectivity index (χ0) is 15.1. The number of hydrogen-bond acceptors (Lipinski definition) is 3. The second-order valence-electron chi connectivity index (χ2n) is 4.46. The number of fused-ring (bicyclic) bond motifs is 1. The Balaban J connectivity index is 2.09. The molecule has 1 unspecified atom stereocenters. The van der Waals surface area contributed by atoms with Crippen LogP contribution in [0.15, 0.2) is 39.5 Å². The summed E-state index contributed by atoms with van der Waals surface area (Å²) in [6, 6.07) is 5.99. The standard InChI is InChI=1S/C14H8ClF2NO3/c15-8-5-9(16)7(4-10(8)17)13(19)6-1-2-11-12(3-6)21-14(20)18-11/h1-5,13,19H,(H,18,20). The van der Waals surface area contributed by atoms with Crippen molar-refractivity contribution < 1.29 is 18.3 Å². The first kappa shape index (κ1) is 13.8. The molecule has 0 saturated carbocycles. The molecule has 7 heteroatoms. The second kappa shape index (κ2) is 4.98. The van der Waals surface area contributed by atoms with Crippen LogP contribution in [0.4, 0.5) is 8.78 Å². The highest BCUT2D eigenvalue weighted by Crippen LogP contribution is 2.29. The lowest BCUT2D eigenvalue weighted by atomic mass is 10.0. The Labute approximate surface area is 121 Å². The van der Waals surface area contributed by atoms with Crippen molar-refractivity contribution >= 4 is 22.7 Å². The highest BCUT2D eigenvalue weighted by atomic mass is 35.5. The second-order valence-corrected chi connectivity index (χ2v) is 4.87. The summed E-state index contributed by atoms with van der Waals surface area (Å²) in [7, 11) is 0. The molecule has 0 amide bonds. The van der Waals surface area contributed by atoms with E-state index in [1.807, 2.05) is 0 Å². The summed E-state index contributed by atoms with van der Waals surface area (Å²) in [6.07, 6.45) is -1.42. The van der Waals surface area contributed by atoms with Crippen LogP contribution in [0.3, 0.4) is 0 Å². The number of rotatable bonds is 2. The summed E-state index contributed by atoms with van der Waals surface area (Å²) in [5.74, 6) is -2.30. The van der Waals surface area contributed by atoms with Gasteiger partial charge in [-0.25, -0.2) is 13.6 Å². The number of aliphatic hydroxyl groups excluding tert-OH is 1. The molecule has 2 aromatic carbocycles. The van der Waals surface area contributed by atoms with Gasteiger partial charge in [-0.1, -0.05) is 17.7 Å². The highest BCUT2D eigenvalue weighted by Gasteiger charge is 2.19. The van der Waals surface area contributed by atoms with Crippen LogP contribution in [0.1, 0.15) is 17.2 Å². The number of aromatic amines is 1. The van der Waals surface area contributed by atoms with E-state index in [9.17, 15) is 18.7 Å². The molecule has 108 valence electrons. The van der Waals surface area contributed by atoms with Crippen LogP contribution in [0.25, 0.3) is 11.1 Å². The van der Waals surface area contributed by atoms with Gasteiger partial charge < -0.3 is 9.52 Å². The van der Waals surface area contributed by atoms with Crippen molar-refractivity contribution in [3.05, 3.63) is 68.7 Å². The van der Waals surface area contributed by atoms with E-state index in [4.69, 9.17) is 16.0 Å². The first-order valence-corrected chi connectivity index (χ1v) is 6.29. The van der Waals surface area contributed by atoms with E-state index in [2.05, 4.69) is 4.98 Å². The van der Waals surface area contributed by atoms with Crippen LogP contribution in [-0.4, -0.2) is 10.1 Å². The third-order valence-electron chi connectivity index (χ3n) is 3.09. The van der Waals surface area contributed by atoms with Crippen molar-refractivity contribution in [1.82, 2.24) is 4.98 Å². The molecule has 2 N–H and O–H groups in total. The number of aliphatic hydroxyl groups is 1. The third kappa shape index (κ3) is 2.43. The number of H-pyrrole nitrogens is 1. The number of nitrogens with one attached hydrogen (secondary N) is 1. The lowest BCUT2D eigenvalue weighted by Crippen LogP contribution is -2.03. The zero-order valence-corrected chi connectivity index (χ0v) is 11.1. The van der Waals surface area contributed by atoms with Crippen molar-refractivity contribution in [3.63, 3.8) is 0 Å². The molecule has 0 spiro atoms. The van der Waals surface area contributed by atoms with Crippen molar-refractivity contribution in [1.29, 1.82) is 0 Å². The summed E-state index contributed by atoms with van der Waals surface area (Å²) in [4.78, 5) is 13.5. The van der Waals surface area contributed by atoms with E-state index in [0.29, 0.717) is 5.52 Å². The quantitative estimate of drug-likeness (QED) is 0.715. The molecule has 1 heterocycles. The summed E-state index contributed by atoms with van der Waals surface area (Å²) in [5.41, 5.74) is 0.658. The van der Waals surface area contributed by atoms with Gasteiger partial charge in [0.1, 0.15) is 17.7 Å². The lowest BCUT2D eigenvalue weighted by molar-refractivity contribution is 0.214. The molecule has 0 aliphatic heterocycles. The summed E-state index contributed by atoms with van der Waals surface area (Å²) >= 11 is 5.47. The van der Waals surface area contributed by atoms with Gasteiger partial charge in [0.2, 0.25) is 0 Å². The SMILES string of the molecule is O=c1[nH]c2ccc(C(O)c3cc(F)c(Cl)cc3F)cc2o1. The van der Waals surface area contributed by atoms with E-state index in [0.717, 1.165) is 12.1 Å². The number of halogens is 3. The average Bonchev–Trinajstić information content (AvgIpc) is 2.81. The summed E-state index contributed by atoms with van der Waals surface area (Å²) in [6.45, 7) is 0. The summed E-state index contributed by atoms with van der Waals surface area (Å²) in [5, 5.41) is 9.81. The Morgan fingerprint density at radius 1 is 1.19 bits per heavy atom. The molecule has 0 bridgehead atoms. The molecule has 0 radical (unpaired) electrons. The molecule has 1 atom stereocenters. The van der Waals surface area contributed by atoms with Gasteiger partial charge in [-0.15, -0.1) is 0 Å². The number of benzene rings is 2. The maximum absolute atomic E-state index is 13.8. The molecule has 21 heavy (non-hydrogen) atoms. The van der Waals surface area contributed by atoms with E-state index in [1.54, 1.807) is 0 Å². The maximum atomic E-state index is 13.8. The number of aromatic nitrogens is 1. The fourth-order valence-corrected chi connectivity index (χ4v) is 2.21. The fourth-order valence-electron chi connectivity index (χ4n) is 2.06. The first-order chi connectivity index (χ1) is 9.95. The van der Waals surface area contributed by atoms with E-state index < -0.39 is 23.5 Å². The number of oxazole rings is 1. The van der Waals surface area contributed by atoms with Crippen LogP contribution in [0.5, 0.6) is 0 Å². The van der Waals surface area contributed by atoms with Crippen LogP contribution in [-0.2, 0) is 0 Å². The predicted molar refractivity (Wildman–Crippen MR) is 72.3 cm³/mol. The van der Waals surface area contributed by atoms with Gasteiger partial charge in [-0.2, -0.15) is 0 Å². The molecule has 0 aliphatic carbocycles. The molecule has 3 rings (SSSR count). The van der Waals surface area contributed by atoms with E-state index in [1.165, 1.54) is 18.2 Å². The molecule has 3 aromatic rings. The van der Waals surface area contributed by atoms with Gasteiger partial charge in [0.15, 0.2) is 5.58 Å². The van der Waals surface area contributed by atoms with Gasteiger partial charge in [-0.05, 0) is 29.8 Å². The molecule has 0 fully saturated rings. The maximum Gasteiger partial charge on any atom is 0.417 e. The van der Waals surface area contributed by atoms with Gasteiger partial charge in [0, 0.05) is 5.56 Å². The van der Waals surface area contributed by atoms with Gasteiger partial charge in [0.25, 0.3) is 0 Å². The molecular formula is C14H8ClF2NO3. The van der Waals surface area contributed by atoms with Crippen LogP contribution in [0, 0.1) is 11.6 Å². The minimum atomic E-state index is -1.42. The van der Waals surface area contributed by atoms with Crippen molar-refractivity contribution in [2.24, 2.45) is 0 Å². The van der Waals surface area contributed by atoms with Crippen LogP contribution in [0.2, 0.25) is 5.02 Å². The molecular weight excluding hydrogens is 304 g/mol. The smallest absolute Gasteiger partial charge is 0.408 e. The first-order valence-electron chi connectivity index (χ1n) is 5.91. The normalized spacial score (nSPS) is 12.8. The lowest BCUT2D eigenvalue weighted by Gasteiger charge is -2.13. The Morgan fingerprint density at radius 2 is 1.95 bits per heavy atom. The van der Waals surface area contributed by atoms with E-state index in [-0.39, 0.29) is 21.7 Å². The zero-order valence-electron chi connectivity index (χ0n) is 10.4. The minimum Gasteiger partial charge on any atom is -0.408 e. The Bertz CT molecular complexity index is 888. The van der Waals surface area contributed by atoms with Gasteiger partial charge >= 0.3 is 5.76 Å². The van der Waals surface area contributed by atoms with Crippen molar-refractivity contribution in [3.8, 4) is 0 Å². The molecule has 1 aromatic heterocycles. The predicted octanol–water partition coefficient (Wildman–Crippen LogP) is 3.13. The van der Waals surface area contributed by atoms with E-state index >= 15 is 0 Å². The minimum absolute atomic E-state index is 0.214. The molecule has 4 nitrogen and oxygen atoms in total. The Hall–Kier alpha value is -2.18. The van der Waals surface area contributed by atoms with Crippen LogP contribution < -0.4 is 5.76 Å². The average molecular weight is 312 g/mol. The molecule has 0 aliphatic rings. The molecule has 0 saturated heterocycles. The highest BCUT2D eigenvalue weighted by molar-refractivity contribution is 6.30. The van der Waals surface area contributed by atoms with Crippen molar-refractivity contribution in [2.75, 3.05) is 0 Å².